The van der Waals surface area contributed by atoms with Gasteiger partial charge in [0.1, 0.15) is 36.6 Å². The van der Waals surface area contributed by atoms with E-state index in [-0.39, 0.29) is 12.6 Å². The third kappa shape index (κ3) is 6.04. The average molecular weight is 593 g/mol. The molecule has 5 rings (SSSR count). The molecule has 0 aromatic carbocycles. The van der Waals surface area contributed by atoms with Gasteiger partial charge < -0.3 is 83.6 Å². The van der Waals surface area contributed by atoms with Gasteiger partial charge in [0.05, 0.1) is 37.1 Å². The Balaban J connectivity index is 1.33. The number of hydrogen-bond donors (Lipinski definition) is 11. The van der Waals surface area contributed by atoms with Gasteiger partial charge in [0.25, 0.3) is 0 Å². The Labute approximate surface area is 238 Å². The lowest BCUT2D eigenvalue weighted by Gasteiger charge is -2.50. The topological polar surface area (TPSA) is 303 Å². The highest BCUT2D eigenvalue weighted by atomic mass is 16.7. The Morgan fingerprint density at radius 1 is 0.732 bits per heavy atom. The lowest BCUT2D eigenvalue weighted by Crippen LogP contribution is -2.67. The fourth-order valence-electron chi connectivity index (χ4n) is 6.77. The molecule has 0 spiro atoms. The standard InChI is InChI=1S/C25H48N6O10/c26-6-11-17(34)18(35)15(30)23(37-11)40-21-12(7-32)38-24(19(21)36)41-22-14(9(28)5-10(29)16(22)33)20-8(27)1-2-13(39-20)25(31)3-4-25/h8-24,32-36H,1-7,26-31H2/t8-,9+,10-,11+,12-,13+,14+,15-,16+,17-,18-,19-,20?,21-,22+,23-,24+/m1/s1. The van der Waals surface area contributed by atoms with Crippen LogP contribution in [0.3, 0.4) is 0 Å². The van der Waals surface area contributed by atoms with Gasteiger partial charge in [0.2, 0.25) is 0 Å². The second-order valence-electron chi connectivity index (χ2n) is 12.4. The van der Waals surface area contributed by atoms with Crippen molar-refractivity contribution in [1.82, 2.24) is 0 Å². The van der Waals surface area contributed by atoms with Gasteiger partial charge in [-0.25, -0.2) is 0 Å². The van der Waals surface area contributed by atoms with Crippen molar-refractivity contribution in [2.75, 3.05) is 13.2 Å². The van der Waals surface area contributed by atoms with E-state index >= 15 is 0 Å². The van der Waals surface area contributed by atoms with Crippen molar-refractivity contribution < 1.29 is 49.2 Å². The molecule has 1 unspecified atom stereocenters. The molecule has 3 heterocycles. The molecule has 0 amide bonds. The summed E-state index contributed by atoms with van der Waals surface area (Å²) >= 11 is 0. The summed E-state index contributed by atoms with van der Waals surface area (Å²) in [5.41, 5.74) is 37.0. The van der Waals surface area contributed by atoms with Crippen LogP contribution < -0.4 is 34.4 Å². The van der Waals surface area contributed by atoms with Crippen LogP contribution in [-0.2, 0) is 23.7 Å². The highest BCUT2D eigenvalue weighted by molar-refractivity contribution is 5.10. The summed E-state index contributed by atoms with van der Waals surface area (Å²) in [5, 5.41) is 52.9. The van der Waals surface area contributed by atoms with Gasteiger partial charge in [-0.3, -0.25) is 0 Å². The van der Waals surface area contributed by atoms with E-state index < -0.39 is 110 Å². The number of rotatable bonds is 8. The van der Waals surface area contributed by atoms with Crippen LogP contribution in [0, 0.1) is 5.92 Å². The van der Waals surface area contributed by atoms with Crippen LogP contribution in [0.1, 0.15) is 32.1 Å². The molecular weight excluding hydrogens is 544 g/mol. The van der Waals surface area contributed by atoms with Crippen LogP contribution in [0.25, 0.3) is 0 Å². The first-order valence-corrected chi connectivity index (χ1v) is 14.5. The fourth-order valence-corrected chi connectivity index (χ4v) is 6.77. The van der Waals surface area contributed by atoms with E-state index in [0.717, 1.165) is 12.8 Å². The summed E-state index contributed by atoms with van der Waals surface area (Å²) in [6.45, 7) is -0.690. The van der Waals surface area contributed by atoms with Crippen LogP contribution in [0.4, 0.5) is 0 Å². The molecule has 16 heteroatoms. The van der Waals surface area contributed by atoms with Crippen molar-refractivity contribution in [3.8, 4) is 0 Å². The number of hydrogen-bond acceptors (Lipinski definition) is 16. The largest absolute Gasteiger partial charge is 0.394 e. The summed E-state index contributed by atoms with van der Waals surface area (Å²) in [7, 11) is 0. The van der Waals surface area contributed by atoms with Crippen molar-refractivity contribution in [3.63, 3.8) is 0 Å². The Kier molecular flexibility index (Phi) is 9.61. The third-order valence-corrected chi connectivity index (χ3v) is 9.58. The van der Waals surface area contributed by atoms with Crippen molar-refractivity contribution in [3.05, 3.63) is 0 Å². The zero-order valence-electron chi connectivity index (χ0n) is 23.0. The summed E-state index contributed by atoms with van der Waals surface area (Å²) in [4.78, 5) is 0. The van der Waals surface area contributed by atoms with Gasteiger partial charge in [-0.05, 0) is 32.1 Å². The molecule has 17 N–H and O–H groups in total. The average Bonchev–Trinajstić information content (AvgIpc) is 3.63. The van der Waals surface area contributed by atoms with Crippen LogP contribution in [0.15, 0.2) is 0 Å². The lowest BCUT2D eigenvalue weighted by molar-refractivity contribution is -0.280. The maximum Gasteiger partial charge on any atom is 0.187 e. The van der Waals surface area contributed by atoms with Gasteiger partial charge in [-0.15, -0.1) is 0 Å². The smallest absolute Gasteiger partial charge is 0.187 e. The van der Waals surface area contributed by atoms with Crippen molar-refractivity contribution in [2.24, 2.45) is 40.3 Å². The predicted octanol–water partition coefficient (Wildman–Crippen LogP) is -6.03. The molecule has 2 saturated carbocycles. The Morgan fingerprint density at radius 2 is 1.39 bits per heavy atom. The van der Waals surface area contributed by atoms with E-state index in [1.807, 2.05) is 0 Å². The minimum absolute atomic E-state index is 0.122. The van der Waals surface area contributed by atoms with Crippen LogP contribution >= 0.6 is 0 Å². The predicted molar refractivity (Wildman–Crippen MR) is 141 cm³/mol. The molecule has 5 fully saturated rings. The molecule has 5 aliphatic rings. The Hall–Kier alpha value is -0.640. The number of ether oxygens (including phenoxy) is 5. The first kappa shape index (κ1) is 31.8. The van der Waals surface area contributed by atoms with Crippen molar-refractivity contribution in [2.45, 2.75) is 135 Å². The highest BCUT2D eigenvalue weighted by Crippen LogP contribution is 2.44. The van der Waals surface area contributed by atoms with E-state index in [0.29, 0.717) is 19.3 Å². The first-order chi connectivity index (χ1) is 19.4. The zero-order chi connectivity index (χ0) is 29.8. The maximum absolute atomic E-state index is 11.2. The minimum Gasteiger partial charge on any atom is -0.394 e. The van der Waals surface area contributed by atoms with Crippen molar-refractivity contribution >= 4 is 0 Å². The van der Waals surface area contributed by atoms with Crippen LogP contribution in [-0.4, -0.2) is 142 Å². The number of nitrogens with two attached hydrogens (primary N) is 6. The van der Waals surface area contributed by atoms with E-state index in [1.165, 1.54) is 0 Å². The maximum atomic E-state index is 11.2. The number of aliphatic hydroxyl groups excluding tert-OH is 5. The van der Waals surface area contributed by atoms with Gasteiger partial charge in [-0.1, -0.05) is 0 Å². The molecule has 17 atom stereocenters. The molecule has 0 aromatic rings. The Bertz CT molecular complexity index is 890. The quantitative estimate of drug-likeness (QED) is 0.125. The molecular formula is C25H48N6O10. The molecule has 16 nitrogen and oxygen atoms in total. The number of aliphatic hydroxyl groups is 5. The molecule has 0 radical (unpaired) electrons. The van der Waals surface area contributed by atoms with Gasteiger partial charge in [0, 0.05) is 36.1 Å². The molecule has 3 aliphatic heterocycles. The highest BCUT2D eigenvalue weighted by Gasteiger charge is 2.56. The molecule has 2 aliphatic carbocycles. The minimum atomic E-state index is -1.49. The van der Waals surface area contributed by atoms with E-state index in [1.54, 1.807) is 0 Å². The molecule has 0 bridgehead atoms. The summed E-state index contributed by atoms with van der Waals surface area (Å²) in [6.07, 6.45) is -9.82. The molecule has 41 heavy (non-hydrogen) atoms. The van der Waals surface area contributed by atoms with Gasteiger partial charge >= 0.3 is 0 Å². The lowest BCUT2D eigenvalue weighted by atomic mass is 9.72. The monoisotopic (exact) mass is 592 g/mol. The van der Waals surface area contributed by atoms with Crippen LogP contribution in [0.5, 0.6) is 0 Å². The first-order valence-electron chi connectivity index (χ1n) is 14.5. The van der Waals surface area contributed by atoms with Gasteiger partial charge in [0.15, 0.2) is 12.6 Å². The Morgan fingerprint density at radius 3 is 2.02 bits per heavy atom. The van der Waals surface area contributed by atoms with Gasteiger partial charge in [-0.2, -0.15) is 0 Å². The third-order valence-electron chi connectivity index (χ3n) is 9.58. The van der Waals surface area contributed by atoms with E-state index in [4.69, 9.17) is 58.1 Å². The summed E-state index contributed by atoms with van der Waals surface area (Å²) in [5.74, 6) is -0.606. The second-order valence-corrected chi connectivity index (χ2v) is 12.4. The molecule has 0 aromatic heterocycles. The van der Waals surface area contributed by atoms with E-state index in [9.17, 15) is 25.5 Å². The normalized spacial score (nSPS) is 53.8. The summed E-state index contributed by atoms with van der Waals surface area (Å²) in [6, 6.07) is -2.85. The SMILES string of the molecule is NC[C@@H]1O[C@H](O[C@H]2[C@@H](O)[C@H](O[C@@H]3[C@@H](O)[C@H](N)C[C@H](N)[C@H]3C3O[C@H](C4(N)CC4)CC[C@H]3N)O[C@@H]2CO)[C@H](N)[C@@H](O)[C@@H]1O. The summed E-state index contributed by atoms with van der Waals surface area (Å²) < 4.78 is 30.0. The molecule has 238 valence electrons. The fraction of sp³-hybridized carbons (Fsp3) is 1.00. The van der Waals surface area contributed by atoms with Crippen LogP contribution in [0.2, 0.25) is 0 Å². The second kappa shape index (κ2) is 12.4. The molecule has 3 saturated heterocycles. The van der Waals surface area contributed by atoms with E-state index in [2.05, 4.69) is 0 Å². The zero-order valence-corrected chi connectivity index (χ0v) is 23.0. The van der Waals surface area contributed by atoms with Crippen molar-refractivity contribution in [1.29, 1.82) is 0 Å².